The number of aliphatic imine (C=N–C) groups is 1. The summed E-state index contributed by atoms with van der Waals surface area (Å²) < 4.78 is 14.8. The van der Waals surface area contributed by atoms with Crippen molar-refractivity contribution in [3.05, 3.63) is 152 Å². The van der Waals surface area contributed by atoms with Crippen LogP contribution in [0.5, 0.6) is 11.5 Å². The van der Waals surface area contributed by atoms with Gasteiger partial charge in [-0.1, -0.05) is 112 Å². The summed E-state index contributed by atoms with van der Waals surface area (Å²) in [7, 11) is -0.763. The van der Waals surface area contributed by atoms with Gasteiger partial charge in [0.2, 0.25) is 0 Å². The number of benzene rings is 4. The van der Waals surface area contributed by atoms with Crippen LogP contribution in [0.15, 0.2) is 141 Å². The molecule has 0 amide bonds. The summed E-state index contributed by atoms with van der Waals surface area (Å²) in [6.07, 6.45) is 4.00. The molecule has 1 aromatic heterocycles. The van der Waals surface area contributed by atoms with E-state index in [0.717, 1.165) is 42.4 Å². The van der Waals surface area contributed by atoms with Gasteiger partial charge >= 0.3 is 7.25 Å². The Bertz CT molecular complexity index is 1970. The van der Waals surface area contributed by atoms with E-state index < -0.39 is 7.25 Å². The molecule has 7 rings (SSSR count). The van der Waals surface area contributed by atoms with E-state index in [1.807, 2.05) is 89.4 Å². The van der Waals surface area contributed by atoms with E-state index in [4.69, 9.17) is 60.7 Å². The molecule has 216 valence electrons. The Morgan fingerprint density at radius 3 is 1.91 bits per heavy atom. The van der Waals surface area contributed by atoms with E-state index in [1.165, 1.54) is 23.5 Å². The highest BCUT2D eigenvalue weighted by Gasteiger charge is 2.39. The number of halogens is 4. The fourth-order valence-corrected chi connectivity index (χ4v) is 7.62. The highest BCUT2D eigenvalue weighted by Crippen LogP contribution is 2.42. The SMILES string of the molecule is Clc1ccc(SC2=NC(=C(c3ccccc3)c3ccc(Sc4ccc(Cl)cc4Cl)n3B3Oc4ccccc4O3)C=C2)c(Cl)c1. The zero-order valence-corrected chi connectivity index (χ0v) is 27.2. The fourth-order valence-electron chi connectivity index (χ4n) is 4.84. The molecule has 4 aromatic carbocycles. The van der Waals surface area contributed by atoms with Crippen molar-refractivity contribution in [3.63, 3.8) is 0 Å². The van der Waals surface area contributed by atoms with Gasteiger partial charge in [-0.25, -0.2) is 4.99 Å². The van der Waals surface area contributed by atoms with Gasteiger partial charge in [-0.05, 0) is 78.4 Å². The summed E-state index contributed by atoms with van der Waals surface area (Å²) in [6, 6.07) is 32.8. The number of hydrogen-bond donors (Lipinski definition) is 0. The number of para-hydroxylation sites is 2. The van der Waals surface area contributed by atoms with Gasteiger partial charge in [-0.15, -0.1) is 0 Å². The molecule has 0 unspecified atom stereocenters. The van der Waals surface area contributed by atoms with Crippen molar-refractivity contribution >= 4 is 87.8 Å². The Hall–Kier alpha value is -3.17. The van der Waals surface area contributed by atoms with Crippen LogP contribution in [-0.2, 0) is 0 Å². The van der Waals surface area contributed by atoms with Gasteiger partial charge in [0.25, 0.3) is 0 Å². The third-order valence-corrected chi connectivity index (χ3v) is 10.3. The zero-order chi connectivity index (χ0) is 30.2. The highest BCUT2D eigenvalue weighted by atomic mass is 35.5. The zero-order valence-electron chi connectivity index (χ0n) is 22.6. The number of hydrogen-bond acceptors (Lipinski definition) is 5. The van der Waals surface area contributed by atoms with E-state index in [9.17, 15) is 0 Å². The van der Waals surface area contributed by atoms with Crippen LogP contribution in [0, 0.1) is 0 Å². The first kappa shape index (κ1) is 29.5. The van der Waals surface area contributed by atoms with Gasteiger partial charge in [-0.3, -0.25) is 0 Å². The minimum Gasteiger partial charge on any atom is -0.503 e. The molecule has 0 spiro atoms. The average Bonchev–Trinajstić information content (AvgIpc) is 3.76. The van der Waals surface area contributed by atoms with E-state index >= 15 is 0 Å². The van der Waals surface area contributed by atoms with Crippen molar-refractivity contribution in [2.75, 3.05) is 0 Å². The predicted molar refractivity (Wildman–Crippen MR) is 185 cm³/mol. The van der Waals surface area contributed by atoms with Gasteiger partial charge in [-0.2, -0.15) is 0 Å². The molecule has 0 N–H and O–H groups in total. The summed E-state index contributed by atoms with van der Waals surface area (Å²) in [5.74, 6) is 1.34. The molecule has 11 heteroatoms. The quantitative estimate of drug-likeness (QED) is 0.166. The normalized spacial score (nSPS) is 14.7. The fraction of sp³-hybridized carbons (Fsp3) is 0. The summed E-state index contributed by atoms with van der Waals surface area (Å²) >= 11 is 28.4. The van der Waals surface area contributed by atoms with Crippen molar-refractivity contribution in [3.8, 4) is 11.5 Å². The van der Waals surface area contributed by atoms with Gasteiger partial charge in [0, 0.05) is 31.1 Å². The van der Waals surface area contributed by atoms with Gasteiger partial charge in [0.1, 0.15) is 16.5 Å². The van der Waals surface area contributed by atoms with Crippen LogP contribution in [0.3, 0.4) is 0 Å². The number of allylic oxidation sites excluding steroid dienone is 1. The second-order valence-electron chi connectivity index (χ2n) is 9.68. The number of fused-ring (bicyclic) bond motifs is 1. The van der Waals surface area contributed by atoms with Crippen LogP contribution in [0.25, 0.3) is 5.57 Å². The molecule has 5 aromatic rings. The largest absolute Gasteiger partial charge is 0.743 e. The van der Waals surface area contributed by atoms with Crippen LogP contribution < -0.4 is 9.31 Å². The Morgan fingerprint density at radius 1 is 0.659 bits per heavy atom. The van der Waals surface area contributed by atoms with Crippen LogP contribution >= 0.6 is 69.9 Å². The number of nitrogens with zero attached hydrogens (tertiary/aromatic N) is 2. The molecule has 4 nitrogen and oxygen atoms in total. The first-order valence-electron chi connectivity index (χ1n) is 13.4. The van der Waals surface area contributed by atoms with Gasteiger partial charge in [0.15, 0.2) is 0 Å². The average molecular weight is 692 g/mol. The first-order chi connectivity index (χ1) is 21.4. The molecule has 0 fully saturated rings. The third kappa shape index (κ3) is 6.05. The predicted octanol–water partition coefficient (Wildman–Crippen LogP) is 11.1. The van der Waals surface area contributed by atoms with Crippen LogP contribution in [0.1, 0.15) is 11.3 Å². The van der Waals surface area contributed by atoms with Crippen molar-refractivity contribution in [2.45, 2.75) is 14.8 Å². The van der Waals surface area contributed by atoms with Crippen LogP contribution in [0.4, 0.5) is 0 Å². The molecule has 0 aliphatic carbocycles. The monoisotopic (exact) mass is 690 g/mol. The van der Waals surface area contributed by atoms with E-state index in [2.05, 4.69) is 18.2 Å². The van der Waals surface area contributed by atoms with Crippen molar-refractivity contribution < 1.29 is 9.31 Å². The Balaban J connectivity index is 1.36. The highest BCUT2D eigenvalue weighted by molar-refractivity contribution is 8.14. The lowest BCUT2D eigenvalue weighted by Crippen LogP contribution is -2.36. The van der Waals surface area contributed by atoms with Crippen molar-refractivity contribution in [1.29, 1.82) is 0 Å². The second-order valence-corrected chi connectivity index (χ2v) is 13.5. The van der Waals surface area contributed by atoms with Crippen molar-refractivity contribution in [2.24, 2.45) is 4.99 Å². The molecule has 44 heavy (non-hydrogen) atoms. The molecule has 0 saturated carbocycles. The maximum absolute atomic E-state index is 6.60. The van der Waals surface area contributed by atoms with Crippen molar-refractivity contribution in [1.82, 2.24) is 4.48 Å². The number of rotatable bonds is 6. The molecule has 0 bridgehead atoms. The second kappa shape index (κ2) is 12.7. The molecule has 3 heterocycles. The molecule has 2 aliphatic rings. The van der Waals surface area contributed by atoms with E-state index in [-0.39, 0.29) is 0 Å². The smallest absolute Gasteiger partial charge is 0.503 e. The Kier molecular flexibility index (Phi) is 8.51. The third-order valence-electron chi connectivity index (χ3n) is 6.80. The summed E-state index contributed by atoms with van der Waals surface area (Å²) in [4.78, 5) is 6.76. The molecule has 2 aliphatic heterocycles. The molecular weight excluding hydrogens is 673 g/mol. The minimum atomic E-state index is -0.763. The van der Waals surface area contributed by atoms with E-state index in [1.54, 1.807) is 12.1 Å². The minimum absolute atomic E-state index is 0.556. The number of aromatic nitrogens is 1. The molecule has 0 atom stereocenters. The topological polar surface area (TPSA) is 35.8 Å². The lowest BCUT2D eigenvalue weighted by Gasteiger charge is -2.18. The number of thioether (sulfide) groups is 1. The van der Waals surface area contributed by atoms with Crippen LogP contribution in [0.2, 0.25) is 20.1 Å². The Morgan fingerprint density at radius 2 is 1.27 bits per heavy atom. The summed E-state index contributed by atoms with van der Waals surface area (Å²) in [5, 5.41) is 3.96. The maximum atomic E-state index is 6.60. The van der Waals surface area contributed by atoms with Gasteiger partial charge in [0.05, 0.1) is 20.8 Å². The first-order valence-corrected chi connectivity index (χ1v) is 16.5. The van der Waals surface area contributed by atoms with Gasteiger partial charge < -0.3 is 13.8 Å². The Labute approximate surface area is 283 Å². The van der Waals surface area contributed by atoms with Crippen LogP contribution in [-0.4, -0.2) is 16.8 Å². The maximum Gasteiger partial charge on any atom is 0.743 e. The molecule has 0 radical (unpaired) electrons. The standard InChI is InChI=1S/C33H19BCl4N2O2S2/c35-21-10-14-29(23(37)18-21)43-31-16-12-25(39-31)33(20-6-2-1-3-7-20)26-13-17-32(44-30-15-11-22(36)19-24(30)38)40(26)34-41-27-8-4-5-9-28(27)42-34/h1-19H. The van der Waals surface area contributed by atoms with E-state index in [0.29, 0.717) is 31.6 Å². The summed E-state index contributed by atoms with van der Waals surface area (Å²) in [5.41, 5.74) is 3.56. The molecule has 0 saturated heterocycles. The lowest BCUT2D eigenvalue weighted by molar-refractivity contribution is 0.473. The molecular formula is C33H19BCl4N2O2S2. The lowest BCUT2D eigenvalue weighted by atomic mass is 9.98. The summed E-state index contributed by atoms with van der Waals surface area (Å²) in [6.45, 7) is 0.